The first-order valence-electron chi connectivity index (χ1n) is 8.99. The number of nitrogens with two attached hydrogens (primary N) is 1. The van der Waals surface area contributed by atoms with Gasteiger partial charge in [0.2, 0.25) is 11.8 Å². The molecule has 0 unspecified atom stereocenters. The molecule has 0 aromatic heterocycles. The summed E-state index contributed by atoms with van der Waals surface area (Å²) < 4.78 is 0. The number of nitrogens with one attached hydrogen (secondary N) is 2. The van der Waals surface area contributed by atoms with Crippen molar-refractivity contribution in [2.24, 2.45) is 11.7 Å². The van der Waals surface area contributed by atoms with Gasteiger partial charge in [-0.2, -0.15) is 0 Å². The summed E-state index contributed by atoms with van der Waals surface area (Å²) in [5.41, 5.74) is 8.23. The molecule has 0 atom stereocenters. The first-order valence-corrected chi connectivity index (χ1v) is 8.99. The van der Waals surface area contributed by atoms with Crippen LogP contribution in [0.2, 0.25) is 0 Å². The molecule has 134 valence electrons. The van der Waals surface area contributed by atoms with Gasteiger partial charge in [-0.25, -0.2) is 0 Å². The van der Waals surface area contributed by atoms with E-state index in [0.717, 1.165) is 42.5 Å². The Labute approximate surface area is 147 Å². The predicted octanol–water partition coefficient (Wildman–Crippen LogP) is 1.32. The number of hydrogen-bond donors (Lipinski definition) is 3. The summed E-state index contributed by atoms with van der Waals surface area (Å²) in [5, 5.41) is 5.96. The molecule has 4 N–H and O–H groups in total. The van der Waals surface area contributed by atoms with E-state index < -0.39 is 0 Å². The van der Waals surface area contributed by atoms with Crippen LogP contribution >= 0.6 is 0 Å². The number of anilines is 1. The second kappa shape index (κ2) is 7.78. The van der Waals surface area contributed by atoms with Crippen LogP contribution in [-0.2, 0) is 27.2 Å². The molecule has 2 aliphatic carbocycles. The number of hydrogen-bond acceptors (Lipinski definition) is 4. The van der Waals surface area contributed by atoms with Gasteiger partial charge in [0, 0.05) is 43.5 Å². The second-order valence-electron chi connectivity index (χ2n) is 7.02. The quantitative estimate of drug-likeness (QED) is 0.750. The Morgan fingerprint density at radius 2 is 1.80 bits per heavy atom. The van der Waals surface area contributed by atoms with Crippen LogP contribution in [0.1, 0.15) is 43.2 Å². The lowest BCUT2D eigenvalue weighted by Crippen LogP contribution is -2.40. The van der Waals surface area contributed by atoms with Gasteiger partial charge in [-0.1, -0.05) is 6.07 Å². The Balaban J connectivity index is 1.49. The van der Waals surface area contributed by atoms with Crippen LogP contribution in [-0.4, -0.2) is 30.2 Å². The average Bonchev–Trinajstić information content (AvgIpc) is 2.95. The minimum absolute atomic E-state index is 0.0110. The Kier molecular flexibility index (Phi) is 5.48. The fourth-order valence-corrected chi connectivity index (χ4v) is 3.70. The minimum Gasteiger partial charge on any atom is -0.353 e. The minimum atomic E-state index is -0.0300. The zero-order chi connectivity index (χ0) is 17.8. The van der Waals surface area contributed by atoms with Crippen molar-refractivity contribution in [1.82, 2.24) is 5.32 Å². The summed E-state index contributed by atoms with van der Waals surface area (Å²) in [6, 6.07) is 5.86. The lowest BCUT2D eigenvalue weighted by atomic mass is 9.85. The lowest BCUT2D eigenvalue weighted by Gasteiger charge is -2.28. The Hall–Kier alpha value is -2.21. The van der Waals surface area contributed by atoms with E-state index in [2.05, 4.69) is 10.6 Å². The second-order valence-corrected chi connectivity index (χ2v) is 7.02. The molecule has 25 heavy (non-hydrogen) atoms. The molecule has 1 saturated carbocycles. The highest BCUT2D eigenvalue weighted by Crippen LogP contribution is 2.27. The molecular weight excluding hydrogens is 318 g/mol. The topological polar surface area (TPSA) is 101 Å². The van der Waals surface area contributed by atoms with E-state index in [-0.39, 0.29) is 29.6 Å². The lowest BCUT2D eigenvalue weighted by molar-refractivity contribution is -0.122. The van der Waals surface area contributed by atoms with Gasteiger partial charge < -0.3 is 16.4 Å². The van der Waals surface area contributed by atoms with Crippen molar-refractivity contribution in [1.29, 1.82) is 0 Å². The highest BCUT2D eigenvalue weighted by Gasteiger charge is 2.27. The van der Waals surface area contributed by atoms with Gasteiger partial charge >= 0.3 is 0 Å². The van der Waals surface area contributed by atoms with E-state index in [9.17, 15) is 14.4 Å². The fourth-order valence-electron chi connectivity index (χ4n) is 3.70. The van der Waals surface area contributed by atoms with E-state index in [0.29, 0.717) is 25.8 Å². The maximum Gasteiger partial charge on any atom is 0.227 e. The van der Waals surface area contributed by atoms with Crippen molar-refractivity contribution in [3.63, 3.8) is 0 Å². The zero-order valence-corrected chi connectivity index (χ0v) is 14.3. The first kappa shape index (κ1) is 17.6. The summed E-state index contributed by atoms with van der Waals surface area (Å²) in [7, 11) is 0. The normalized spacial score (nSPS) is 22.4. The van der Waals surface area contributed by atoms with Crippen LogP contribution in [0, 0.1) is 5.92 Å². The maximum atomic E-state index is 12.5. The van der Waals surface area contributed by atoms with E-state index in [4.69, 9.17) is 5.73 Å². The molecule has 0 bridgehead atoms. The SMILES string of the molecule is NCCC(=O)NC1CCC(C(=O)Nc2ccc3c(c2)CC(=O)C3)CC1. The van der Waals surface area contributed by atoms with Crippen LogP contribution in [0.3, 0.4) is 0 Å². The van der Waals surface area contributed by atoms with Gasteiger partial charge in [0.1, 0.15) is 5.78 Å². The zero-order valence-electron chi connectivity index (χ0n) is 14.3. The highest BCUT2D eigenvalue weighted by molar-refractivity contribution is 5.94. The van der Waals surface area contributed by atoms with Gasteiger partial charge in [0.25, 0.3) is 0 Å². The fraction of sp³-hybridized carbons (Fsp3) is 0.526. The van der Waals surface area contributed by atoms with Crippen LogP contribution in [0.4, 0.5) is 5.69 Å². The first-order chi connectivity index (χ1) is 12.0. The summed E-state index contributed by atoms with van der Waals surface area (Å²) in [6.07, 6.45) is 4.48. The van der Waals surface area contributed by atoms with E-state index in [1.165, 1.54) is 0 Å². The van der Waals surface area contributed by atoms with Gasteiger partial charge in [-0.15, -0.1) is 0 Å². The van der Waals surface area contributed by atoms with Gasteiger partial charge in [0.05, 0.1) is 0 Å². The number of Topliss-reactive ketones (excluding diaryl/α,β-unsaturated/α-hetero) is 1. The molecule has 0 radical (unpaired) electrons. The van der Waals surface area contributed by atoms with Crippen molar-refractivity contribution >= 4 is 23.3 Å². The third-order valence-electron chi connectivity index (χ3n) is 5.08. The summed E-state index contributed by atoms with van der Waals surface area (Å²) in [5.74, 6) is 0.213. The average molecular weight is 343 g/mol. The molecule has 0 aliphatic heterocycles. The smallest absolute Gasteiger partial charge is 0.227 e. The van der Waals surface area contributed by atoms with Gasteiger partial charge in [0.15, 0.2) is 0 Å². The van der Waals surface area contributed by atoms with Gasteiger partial charge in [-0.05, 0) is 48.9 Å². The number of fused-ring (bicyclic) bond motifs is 1. The van der Waals surface area contributed by atoms with Crippen molar-refractivity contribution < 1.29 is 14.4 Å². The van der Waals surface area contributed by atoms with Crippen molar-refractivity contribution in [2.45, 2.75) is 51.0 Å². The Morgan fingerprint density at radius 1 is 1.08 bits per heavy atom. The number of amides is 2. The highest BCUT2D eigenvalue weighted by atomic mass is 16.2. The van der Waals surface area contributed by atoms with Crippen molar-refractivity contribution in [3.8, 4) is 0 Å². The van der Waals surface area contributed by atoms with Crippen molar-refractivity contribution in [3.05, 3.63) is 29.3 Å². The molecule has 1 fully saturated rings. The molecule has 6 heteroatoms. The van der Waals surface area contributed by atoms with Crippen LogP contribution in [0.5, 0.6) is 0 Å². The third kappa shape index (κ3) is 4.45. The molecule has 2 aliphatic rings. The Bertz CT molecular complexity index is 678. The van der Waals surface area contributed by atoms with Crippen LogP contribution < -0.4 is 16.4 Å². The monoisotopic (exact) mass is 343 g/mol. The standard InChI is InChI=1S/C19H25N3O3/c20-8-7-18(24)21-15-4-1-12(2-5-15)19(25)22-16-6-3-13-10-17(23)11-14(13)9-16/h3,6,9,12,15H,1-2,4-5,7-8,10-11,20H2,(H,21,24)(H,22,25). The van der Waals surface area contributed by atoms with E-state index in [1.807, 2.05) is 18.2 Å². The number of benzene rings is 1. The number of carbonyl (C=O) groups excluding carboxylic acids is 3. The predicted molar refractivity (Wildman–Crippen MR) is 95.0 cm³/mol. The Morgan fingerprint density at radius 3 is 2.52 bits per heavy atom. The van der Waals surface area contributed by atoms with E-state index >= 15 is 0 Å². The summed E-state index contributed by atoms with van der Waals surface area (Å²) in [6.45, 7) is 0.357. The molecule has 0 saturated heterocycles. The summed E-state index contributed by atoms with van der Waals surface area (Å²) in [4.78, 5) is 35.6. The molecule has 1 aromatic carbocycles. The van der Waals surface area contributed by atoms with Crippen LogP contribution in [0.15, 0.2) is 18.2 Å². The molecule has 1 aromatic rings. The van der Waals surface area contributed by atoms with Crippen LogP contribution in [0.25, 0.3) is 0 Å². The third-order valence-corrected chi connectivity index (χ3v) is 5.08. The molecule has 0 heterocycles. The number of rotatable bonds is 5. The molecular formula is C19H25N3O3. The van der Waals surface area contributed by atoms with Crippen molar-refractivity contribution in [2.75, 3.05) is 11.9 Å². The molecule has 3 rings (SSSR count). The largest absolute Gasteiger partial charge is 0.353 e. The van der Waals surface area contributed by atoms with E-state index in [1.54, 1.807) is 0 Å². The number of carbonyl (C=O) groups is 3. The molecule has 6 nitrogen and oxygen atoms in total. The molecule has 0 spiro atoms. The summed E-state index contributed by atoms with van der Waals surface area (Å²) >= 11 is 0. The maximum absolute atomic E-state index is 12.5. The number of ketones is 1. The molecule has 2 amide bonds. The van der Waals surface area contributed by atoms with Gasteiger partial charge in [-0.3, -0.25) is 14.4 Å².